The van der Waals surface area contributed by atoms with Crippen LogP contribution in [0, 0.1) is 0 Å². The average Bonchev–Trinajstić information content (AvgIpc) is 2.75. The molecule has 1 N–H and O–H groups in total. The molecule has 0 aliphatic heterocycles. The number of hydrogen-bond donors (Lipinski definition) is 1. The van der Waals surface area contributed by atoms with Gasteiger partial charge < -0.3 is 15.0 Å². The summed E-state index contributed by atoms with van der Waals surface area (Å²) in [6.07, 6.45) is 0. The lowest BCUT2D eigenvalue weighted by Crippen LogP contribution is -2.27. The van der Waals surface area contributed by atoms with Crippen molar-refractivity contribution in [1.29, 1.82) is 0 Å². The van der Waals surface area contributed by atoms with Gasteiger partial charge in [0.1, 0.15) is 0 Å². The smallest absolute Gasteiger partial charge is 0.261 e. The summed E-state index contributed by atoms with van der Waals surface area (Å²) in [6.45, 7) is 2.72. The fourth-order valence-electron chi connectivity index (χ4n) is 1.08. The Morgan fingerprint density at radius 3 is 2.94 bits per heavy atom. The van der Waals surface area contributed by atoms with Gasteiger partial charge in [0, 0.05) is 13.1 Å². The number of likely N-dealkylation sites (N-methyl/N-ethyl adjacent to an activating group) is 1. The molecule has 0 unspecified atom stereocenters. The highest BCUT2D eigenvalue weighted by molar-refractivity contribution is 7.12. The Kier molecular flexibility index (Phi) is 6.07. The van der Waals surface area contributed by atoms with Crippen molar-refractivity contribution in [2.75, 3.05) is 40.4 Å². The molecule has 90 valence electrons. The van der Waals surface area contributed by atoms with Crippen molar-refractivity contribution in [2.45, 2.75) is 0 Å². The van der Waals surface area contributed by atoms with Crippen LogP contribution in [0.1, 0.15) is 9.67 Å². The molecular formula is C11H18N2O2S. The molecular weight excluding hydrogens is 224 g/mol. The summed E-state index contributed by atoms with van der Waals surface area (Å²) >= 11 is 1.44. The standard InChI is InChI=1S/C11H18N2O2S/c1-13(2)6-8-15-7-5-12-11(14)10-4-3-9-16-10/h3-4,9H,5-8H2,1-2H3,(H,12,14). The first-order chi connectivity index (χ1) is 7.70. The molecule has 0 saturated carbocycles. The van der Waals surface area contributed by atoms with Crippen molar-refractivity contribution in [3.05, 3.63) is 22.4 Å². The third-order valence-corrected chi connectivity index (χ3v) is 2.83. The van der Waals surface area contributed by atoms with Crippen LogP contribution in [0.25, 0.3) is 0 Å². The lowest BCUT2D eigenvalue weighted by molar-refractivity contribution is 0.0904. The van der Waals surface area contributed by atoms with Gasteiger partial charge in [-0.3, -0.25) is 4.79 Å². The van der Waals surface area contributed by atoms with Crippen molar-refractivity contribution in [3.8, 4) is 0 Å². The van der Waals surface area contributed by atoms with E-state index in [1.54, 1.807) is 0 Å². The number of nitrogens with zero attached hydrogens (tertiary/aromatic N) is 1. The van der Waals surface area contributed by atoms with E-state index >= 15 is 0 Å². The maximum atomic E-state index is 11.5. The number of hydrogen-bond acceptors (Lipinski definition) is 4. The largest absolute Gasteiger partial charge is 0.378 e. The topological polar surface area (TPSA) is 41.6 Å². The van der Waals surface area contributed by atoms with E-state index in [1.165, 1.54) is 11.3 Å². The number of ether oxygens (including phenoxy) is 1. The van der Waals surface area contributed by atoms with Crippen LogP contribution in [0.3, 0.4) is 0 Å². The van der Waals surface area contributed by atoms with Gasteiger partial charge in [-0.05, 0) is 25.5 Å². The minimum Gasteiger partial charge on any atom is -0.378 e. The van der Waals surface area contributed by atoms with Crippen molar-refractivity contribution < 1.29 is 9.53 Å². The first-order valence-corrected chi connectivity index (χ1v) is 6.12. The molecule has 4 nitrogen and oxygen atoms in total. The molecule has 1 amide bonds. The quantitative estimate of drug-likeness (QED) is 0.727. The van der Waals surface area contributed by atoms with Crippen molar-refractivity contribution in [3.63, 3.8) is 0 Å². The van der Waals surface area contributed by atoms with Crippen LogP contribution in [-0.4, -0.2) is 51.2 Å². The summed E-state index contributed by atoms with van der Waals surface area (Å²) in [5.41, 5.74) is 0. The maximum absolute atomic E-state index is 11.5. The maximum Gasteiger partial charge on any atom is 0.261 e. The monoisotopic (exact) mass is 242 g/mol. The Bertz CT molecular complexity index is 299. The van der Waals surface area contributed by atoms with Gasteiger partial charge in [0.15, 0.2) is 0 Å². The van der Waals surface area contributed by atoms with Crippen molar-refractivity contribution >= 4 is 17.2 Å². The highest BCUT2D eigenvalue weighted by atomic mass is 32.1. The van der Waals surface area contributed by atoms with E-state index in [1.807, 2.05) is 31.6 Å². The SMILES string of the molecule is CN(C)CCOCCNC(=O)c1cccs1. The minimum absolute atomic E-state index is 0.0220. The Balaban J connectivity index is 2.01. The molecule has 1 heterocycles. The zero-order chi connectivity index (χ0) is 11.8. The molecule has 16 heavy (non-hydrogen) atoms. The predicted octanol–water partition coefficient (Wildman–Crippen LogP) is 1.06. The molecule has 0 aliphatic carbocycles. The first kappa shape index (κ1) is 13.2. The second-order valence-corrected chi connectivity index (χ2v) is 4.60. The molecule has 1 rings (SSSR count). The Hall–Kier alpha value is -0.910. The van der Waals surface area contributed by atoms with E-state index in [4.69, 9.17) is 4.74 Å². The fraction of sp³-hybridized carbons (Fsp3) is 0.545. The van der Waals surface area contributed by atoms with Gasteiger partial charge in [0.2, 0.25) is 0 Å². The lowest BCUT2D eigenvalue weighted by atomic mass is 10.4. The van der Waals surface area contributed by atoms with Crippen LogP contribution in [0.4, 0.5) is 0 Å². The molecule has 0 aromatic carbocycles. The molecule has 0 bridgehead atoms. The van der Waals surface area contributed by atoms with E-state index in [2.05, 4.69) is 10.2 Å². The lowest BCUT2D eigenvalue weighted by Gasteiger charge is -2.09. The van der Waals surface area contributed by atoms with Crippen molar-refractivity contribution in [2.24, 2.45) is 0 Å². The van der Waals surface area contributed by atoms with E-state index < -0.39 is 0 Å². The third-order valence-electron chi connectivity index (χ3n) is 1.96. The Labute approximate surface area is 100 Å². The molecule has 0 saturated heterocycles. The number of thiophene rings is 1. The van der Waals surface area contributed by atoms with E-state index in [0.29, 0.717) is 19.8 Å². The zero-order valence-electron chi connectivity index (χ0n) is 9.73. The van der Waals surface area contributed by atoms with E-state index in [9.17, 15) is 4.79 Å². The fourth-order valence-corrected chi connectivity index (χ4v) is 1.72. The molecule has 5 heteroatoms. The van der Waals surface area contributed by atoms with Gasteiger partial charge in [-0.15, -0.1) is 11.3 Å². The van der Waals surface area contributed by atoms with E-state index in [0.717, 1.165) is 11.4 Å². The summed E-state index contributed by atoms with van der Waals surface area (Å²) < 4.78 is 5.36. The van der Waals surface area contributed by atoms with E-state index in [-0.39, 0.29) is 5.91 Å². The van der Waals surface area contributed by atoms with Gasteiger partial charge in [-0.2, -0.15) is 0 Å². The number of rotatable bonds is 7. The summed E-state index contributed by atoms with van der Waals surface area (Å²) in [4.78, 5) is 14.3. The number of nitrogens with one attached hydrogen (secondary N) is 1. The predicted molar refractivity (Wildman–Crippen MR) is 66.0 cm³/mol. The number of carbonyl (C=O) groups excluding carboxylic acids is 1. The van der Waals surface area contributed by atoms with Gasteiger partial charge >= 0.3 is 0 Å². The normalized spacial score (nSPS) is 10.7. The molecule has 0 radical (unpaired) electrons. The van der Waals surface area contributed by atoms with Crippen LogP contribution in [0.2, 0.25) is 0 Å². The van der Waals surface area contributed by atoms with Crippen molar-refractivity contribution in [1.82, 2.24) is 10.2 Å². The van der Waals surface area contributed by atoms with Gasteiger partial charge in [-0.1, -0.05) is 6.07 Å². The van der Waals surface area contributed by atoms with Gasteiger partial charge in [-0.25, -0.2) is 0 Å². The molecule has 0 fully saturated rings. The second-order valence-electron chi connectivity index (χ2n) is 3.65. The summed E-state index contributed by atoms with van der Waals surface area (Å²) in [6, 6.07) is 3.68. The third kappa shape index (κ3) is 5.25. The minimum atomic E-state index is -0.0220. The number of carbonyl (C=O) groups is 1. The molecule has 1 aromatic rings. The molecule has 0 atom stereocenters. The number of amides is 1. The van der Waals surface area contributed by atoms with Crippen LogP contribution in [0.5, 0.6) is 0 Å². The Morgan fingerprint density at radius 1 is 1.50 bits per heavy atom. The zero-order valence-corrected chi connectivity index (χ0v) is 10.5. The summed E-state index contributed by atoms with van der Waals surface area (Å²) in [7, 11) is 4.00. The average molecular weight is 242 g/mol. The van der Waals surface area contributed by atoms with Crippen LogP contribution >= 0.6 is 11.3 Å². The summed E-state index contributed by atoms with van der Waals surface area (Å²) in [5, 5.41) is 4.70. The molecule has 0 aliphatic rings. The van der Waals surface area contributed by atoms with Crippen LogP contribution in [-0.2, 0) is 4.74 Å². The summed E-state index contributed by atoms with van der Waals surface area (Å²) in [5.74, 6) is -0.0220. The van der Waals surface area contributed by atoms with Gasteiger partial charge in [0.05, 0.1) is 18.1 Å². The van der Waals surface area contributed by atoms with Gasteiger partial charge in [0.25, 0.3) is 5.91 Å². The molecule has 0 spiro atoms. The highest BCUT2D eigenvalue weighted by Crippen LogP contribution is 2.07. The Morgan fingerprint density at radius 2 is 2.31 bits per heavy atom. The molecule has 1 aromatic heterocycles. The van der Waals surface area contributed by atoms with Crippen LogP contribution in [0.15, 0.2) is 17.5 Å². The second kappa shape index (κ2) is 7.38. The highest BCUT2D eigenvalue weighted by Gasteiger charge is 2.04. The first-order valence-electron chi connectivity index (χ1n) is 5.24. The van der Waals surface area contributed by atoms with Crippen LogP contribution < -0.4 is 5.32 Å².